The van der Waals surface area contributed by atoms with Crippen molar-refractivity contribution < 1.29 is 4.79 Å². The first kappa shape index (κ1) is 21.4. The van der Waals surface area contributed by atoms with Gasteiger partial charge >= 0.3 is 0 Å². The molecular formula is C28H39NO. The second-order valence-corrected chi connectivity index (χ2v) is 10.6. The molecule has 1 fully saturated rings. The third-order valence-electron chi connectivity index (χ3n) is 8.78. The first-order valence-corrected chi connectivity index (χ1v) is 12.0. The fourth-order valence-electron chi connectivity index (χ4n) is 6.29. The lowest BCUT2D eigenvalue weighted by molar-refractivity contribution is -0.114. The Kier molecular flexibility index (Phi) is 5.97. The summed E-state index contributed by atoms with van der Waals surface area (Å²) >= 11 is 0. The highest BCUT2D eigenvalue weighted by atomic mass is 16.1. The molecule has 0 spiro atoms. The lowest BCUT2D eigenvalue weighted by Crippen LogP contribution is -2.30. The Morgan fingerprint density at radius 3 is 2.30 bits per heavy atom. The number of hydrogen-bond donors (Lipinski definition) is 0. The van der Waals surface area contributed by atoms with Crippen molar-refractivity contribution in [3.05, 3.63) is 52.6 Å². The molecule has 2 nitrogen and oxygen atoms in total. The Bertz CT molecular complexity index is 847. The summed E-state index contributed by atoms with van der Waals surface area (Å²) in [5.41, 5.74) is 7.63. The van der Waals surface area contributed by atoms with Gasteiger partial charge in [0.25, 0.3) is 0 Å². The van der Waals surface area contributed by atoms with Gasteiger partial charge in [-0.2, -0.15) is 0 Å². The molecule has 0 N–H and O–H groups in total. The van der Waals surface area contributed by atoms with E-state index in [0.29, 0.717) is 23.5 Å². The molecule has 162 valence electrons. The molecule has 1 aromatic rings. The minimum Gasteiger partial charge on any atom is -0.378 e. The summed E-state index contributed by atoms with van der Waals surface area (Å²) in [4.78, 5) is 14.3. The third-order valence-corrected chi connectivity index (χ3v) is 8.78. The van der Waals surface area contributed by atoms with Gasteiger partial charge in [-0.3, -0.25) is 4.79 Å². The fourth-order valence-corrected chi connectivity index (χ4v) is 6.29. The van der Waals surface area contributed by atoms with Crippen LogP contribution in [0, 0.1) is 17.3 Å². The van der Waals surface area contributed by atoms with Gasteiger partial charge < -0.3 is 4.90 Å². The zero-order valence-electron chi connectivity index (χ0n) is 19.6. The molecule has 0 aliphatic heterocycles. The standard InChI is InChI=1S/C28H39NO/c1-19-9-10-20(2)28(19,3)18-27(21-11-13-23(14-12-21)29(4)5)26-8-6-7-22-17-24(30)15-16-25(22)26/h11-14,17,19-20,27H,6-10,15-16,18H2,1-5H3/t19?,20?,27-,28?/m1/s1. The Balaban J connectivity index is 1.78. The van der Waals surface area contributed by atoms with Crippen molar-refractivity contribution in [2.24, 2.45) is 17.3 Å². The average molecular weight is 406 g/mol. The largest absolute Gasteiger partial charge is 0.378 e. The van der Waals surface area contributed by atoms with Gasteiger partial charge in [0.05, 0.1) is 0 Å². The number of hydrogen-bond acceptors (Lipinski definition) is 2. The minimum absolute atomic E-state index is 0.326. The molecule has 1 aromatic carbocycles. The van der Waals surface area contributed by atoms with Crippen LogP contribution in [0.15, 0.2) is 47.1 Å². The number of benzene rings is 1. The van der Waals surface area contributed by atoms with E-state index in [4.69, 9.17) is 0 Å². The number of carbonyl (C=O) groups excluding carboxylic acids is 1. The van der Waals surface area contributed by atoms with Gasteiger partial charge in [-0.05, 0) is 97.1 Å². The van der Waals surface area contributed by atoms with Crippen LogP contribution in [0.25, 0.3) is 0 Å². The molecule has 0 bridgehead atoms. The predicted octanol–water partition coefficient (Wildman–Crippen LogP) is 7.07. The third kappa shape index (κ3) is 3.90. The van der Waals surface area contributed by atoms with Crippen LogP contribution in [0.5, 0.6) is 0 Å². The van der Waals surface area contributed by atoms with Crippen molar-refractivity contribution in [2.45, 2.75) is 78.1 Å². The molecule has 0 amide bonds. The topological polar surface area (TPSA) is 20.3 Å². The summed E-state index contributed by atoms with van der Waals surface area (Å²) in [6.45, 7) is 7.49. The Labute approximate surface area is 183 Å². The molecule has 0 heterocycles. The number of fused-ring (bicyclic) bond motifs is 1. The monoisotopic (exact) mass is 405 g/mol. The molecule has 2 heteroatoms. The molecule has 3 atom stereocenters. The van der Waals surface area contributed by atoms with E-state index in [1.165, 1.54) is 54.5 Å². The molecule has 3 aliphatic carbocycles. The molecule has 0 saturated heterocycles. The summed E-state index contributed by atoms with van der Waals surface area (Å²) < 4.78 is 0. The zero-order valence-corrected chi connectivity index (χ0v) is 19.6. The van der Waals surface area contributed by atoms with Crippen LogP contribution in [-0.4, -0.2) is 19.9 Å². The molecule has 0 radical (unpaired) electrons. The van der Waals surface area contributed by atoms with Crippen LogP contribution in [0.4, 0.5) is 5.69 Å². The maximum absolute atomic E-state index is 12.1. The molecular weight excluding hydrogens is 366 g/mol. The van der Waals surface area contributed by atoms with E-state index in [1.54, 1.807) is 5.57 Å². The maximum Gasteiger partial charge on any atom is 0.156 e. The van der Waals surface area contributed by atoms with Crippen LogP contribution < -0.4 is 4.90 Å². The maximum atomic E-state index is 12.1. The lowest BCUT2D eigenvalue weighted by Gasteiger charge is -2.40. The Morgan fingerprint density at radius 2 is 1.67 bits per heavy atom. The number of allylic oxidation sites excluding steroid dienone is 4. The highest BCUT2D eigenvalue weighted by Gasteiger charge is 2.44. The van der Waals surface area contributed by atoms with E-state index in [9.17, 15) is 4.79 Å². The highest BCUT2D eigenvalue weighted by Crippen LogP contribution is 2.55. The second kappa shape index (κ2) is 8.36. The number of ketones is 1. The van der Waals surface area contributed by atoms with Crippen molar-refractivity contribution in [1.29, 1.82) is 0 Å². The summed E-state index contributed by atoms with van der Waals surface area (Å²) in [6.07, 6.45) is 11.0. The van der Waals surface area contributed by atoms with Crippen molar-refractivity contribution in [3.63, 3.8) is 0 Å². The lowest BCUT2D eigenvalue weighted by atomic mass is 9.64. The van der Waals surface area contributed by atoms with Crippen LogP contribution in [0.3, 0.4) is 0 Å². The van der Waals surface area contributed by atoms with Gasteiger partial charge in [0.2, 0.25) is 0 Å². The normalized spacial score (nSPS) is 30.2. The van der Waals surface area contributed by atoms with Gasteiger partial charge in [0, 0.05) is 32.1 Å². The van der Waals surface area contributed by atoms with E-state index >= 15 is 0 Å². The van der Waals surface area contributed by atoms with Gasteiger partial charge in [0.1, 0.15) is 0 Å². The van der Waals surface area contributed by atoms with E-state index in [0.717, 1.165) is 24.7 Å². The summed E-state index contributed by atoms with van der Waals surface area (Å²) in [5.74, 6) is 2.34. The van der Waals surface area contributed by atoms with Gasteiger partial charge in [-0.1, -0.05) is 38.5 Å². The van der Waals surface area contributed by atoms with Crippen LogP contribution >= 0.6 is 0 Å². The fraction of sp³-hybridized carbons (Fsp3) is 0.607. The SMILES string of the molecule is CC1CCC(C)C1(C)C[C@@H](C1=C2CCC(=O)C=C2CCC1)c1ccc(N(C)C)cc1. The number of carbonyl (C=O) groups is 1. The zero-order chi connectivity index (χ0) is 21.5. The number of rotatable bonds is 5. The Hall–Kier alpha value is -1.83. The van der Waals surface area contributed by atoms with E-state index in [1.807, 2.05) is 6.08 Å². The smallest absolute Gasteiger partial charge is 0.156 e. The molecule has 30 heavy (non-hydrogen) atoms. The summed E-state index contributed by atoms with van der Waals surface area (Å²) in [7, 11) is 4.22. The van der Waals surface area contributed by atoms with Crippen molar-refractivity contribution >= 4 is 11.5 Å². The molecule has 2 unspecified atom stereocenters. The van der Waals surface area contributed by atoms with Gasteiger partial charge in [0.15, 0.2) is 5.78 Å². The van der Waals surface area contributed by atoms with Crippen molar-refractivity contribution in [2.75, 3.05) is 19.0 Å². The number of anilines is 1. The van der Waals surface area contributed by atoms with Crippen molar-refractivity contribution in [3.8, 4) is 0 Å². The van der Waals surface area contributed by atoms with E-state index in [2.05, 4.69) is 64.0 Å². The second-order valence-electron chi connectivity index (χ2n) is 10.6. The first-order valence-electron chi connectivity index (χ1n) is 12.0. The van der Waals surface area contributed by atoms with E-state index in [-0.39, 0.29) is 0 Å². The van der Waals surface area contributed by atoms with Gasteiger partial charge in [-0.25, -0.2) is 0 Å². The van der Waals surface area contributed by atoms with E-state index < -0.39 is 0 Å². The summed E-state index contributed by atoms with van der Waals surface area (Å²) in [5, 5.41) is 0. The van der Waals surface area contributed by atoms with Crippen LogP contribution in [-0.2, 0) is 4.79 Å². The van der Waals surface area contributed by atoms with Crippen molar-refractivity contribution in [1.82, 2.24) is 0 Å². The molecule has 4 rings (SSSR count). The Morgan fingerprint density at radius 1 is 1.00 bits per heavy atom. The highest BCUT2D eigenvalue weighted by molar-refractivity contribution is 5.93. The quantitative estimate of drug-likeness (QED) is 0.522. The molecule has 1 saturated carbocycles. The minimum atomic E-state index is 0.326. The number of nitrogens with zero attached hydrogens (tertiary/aromatic N) is 1. The summed E-state index contributed by atoms with van der Waals surface area (Å²) in [6, 6.07) is 9.29. The van der Waals surface area contributed by atoms with Crippen LogP contribution in [0.1, 0.15) is 83.6 Å². The van der Waals surface area contributed by atoms with Crippen LogP contribution in [0.2, 0.25) is 0 Å². The van der Waals surface area contributed by atoms with Gasteiger partial charge in [-0.15, -0.1) is 0 Å². The first-order chi connectivity index (χ1) is 14.3. The molecule has 0 aromatic heterocycles. The average Bonchev–Trinajstić information content (AvgIpc) is 2.99. The predicted molar refractivity (Wildman–Crippen MR) is 127 cm³/mol. The molecule has 3 aliphatic rings.